The summed E-state index contributed by atoms with van der Waals surface area (Å²) in [5.41, 5.74) is 1.95. The fourth-order valence-corrected chi connectivity index (χ4v) is 2.93. The molecule has 0 bridgehead atoms. The van der Waals surface area contributed by atoms with E-state index in [9.17, 15) is 10.1 Å². The number of hydrogen-bond acceptors (Lipinski definition) is 4. The molecule has 0 amide bonds. The summed E-state index contributed by atoms with van der Waals surface area (Å²) in [6.45, 7) is 6.31. The Morgan fingerprint density at radius 1 is 1.26 bits per heavy atom. The molecular formula is C21H18BrNO4. The molecule has 0 heterocycles. The van der Waals surface area contributed by atoms with Crippen LogP contribution in [0.25, 0.3) is 11.6 Å². The number of carbonyl (C=O) groups is 1. The fraction of sp³-hybridized carbons (Fsp3) is 0.143. The minimum Gasteiger partial charge on any atom is -0.490 e. The van der Waals surface area contributed by atoms with Crippen molar-refractivity contribution in [1.82, 2.24) is 0 Å². The topological polar surface area (TPSA) is 79.5 Å². The van der Waals surface area contributed by atoms with E-state index in [0.29, 0.717) is 40.3 Å². The summed E-state index contributed by atoms with van der Waals surface area (Å²) in [5.74, 6) is 0.112. The monoisotopic (exact) mass is 427 g/mol. The van der Waals surface area contributed by atoms with Crippen LogP contribution in [0.5, 0.6) is 11.5 Å². The molecule has 0 spiro atoms. The van der Waals surface area contributed by atoms with Crippen LogP contribution in [0.3, 0.4) is 0 Å². The highest BCUT2D eigenvalue weighted by molar-refractivity contribution is 9.10. The first-order valence-corrected chi connectivity index (χ1v) is 8.95. The summed E-state index contributed by atoms with van der Waals surface area (Å²) < 4.78 is 12.0. The lowest BCUT2D eigenvalue weighted by Crippen LogP contribution is -2.00. The number of allylic oxidation sites excluding steroid dienone is 1. The molecule has 2 rings (SSSR count). The molecule has 0 atom stereocenters. The third-order valence-electron chi connectivity index (χ3n) is 3.55. The van der Waals surface area contributed by atoms with Crippen molar-refractivity contribution in [2.24, 2.45) is 0 Å². The van der Waals surface area contributed by atoms with Crippen molar-refractivity contribution in [3.63, 3.8) is 0 Å². The van der Waals surface area contributed by atoms with Gasteiger partial charge in [-0.3, -0.25) is 0 Å². The van der Waals surface area contributed by atoms with E-state index in [1.54, 1.807) is 30.4 Å². The van der Waals surface area contributed by atoms with Crippen molar-refractivity contribution in [2.75, 3.05) is 13.2 Å². The number of carboxylic acids is 1. The molecule has 0 fully saturated rings. The lowest BCUT2D eigenvalue weighted by Gasteiger charge is -2.14. The summed E-state index contributed by atoms with van der Waals surface area (Å²) in [6.07, 6.45) is 3.35. The summed E-state index contributed by atoms with van der Waals surface area (Å²) in [4.78, 5) is 11.0. The van der Waals surface area contributed by atoms with E-state index in [0.717, 1.165) is 5.56 Å². The minimum absolute atomic E-state index is 0.168. The molecule has 0 unspecified atom stereocenters. The van der Waals surface area contributed by atoms with Gasteiger partial charge in [-0.15, -0.1) is 0 Å². The maximum atomic E-state index is 11.0. The molecule has 0 radical (unpaired) electrons. The fourth-order valence-electron chi connectivity index (χ4n) is 2.36. The molecule has 5 nitrogen and oxygen atoms in total. The standard InChI is InChI=1S/C21H18BrNO4/c1-3-9-27-20-18(22)11-14(12-19(20)26-4-2)10-17(13-23)15-5-7-16(8-6-15)21(24)25/h3,5-8,10-12H,1,4,9H2,2H3,(H,24,25)/b17-10-. The Labute approximate surface area is 166 Å². The van der Waals surface area contributed by atoms with E-state index in [-0.39, 0.29) is 5.56 Å². The van der Waals surface area contributed by atoms with Crippen molar-refractivity contribution in [3.8, 4) is 17.6 Å². The number of hydrogen-bond donors (Lipinski definition) is 1. The van der Waals surface area contributed by atoms with Crippen molar-refractivity contribution in [2.45, 2.75) is 6.92 Å². The number of rotatable bonds is 8. The van der Waals surface area contributed by atoms with Crippen LogP contribution < -0.4 is 9.47 Å². The zero-order chi connectivity index (χ0) is 19.8. The van der Waals surface area contributed by atoms with Crippen LogP contribution in [0.2, 0.25) is 0 Å². The van der Waals surface area contributed by atoms with Gasteiger partial charge in [0.25, 0.3) is 0 Å². The molecule has 1 N–H and O–H groups in total. The van der Waals surface area contributed by atoms with Crippen LogP contribution >= 0.6 is 15.9 Å². The van der Waals surface area contributed by atoms with Gasteiger partial charge in [0.05, 0.1) is 28.3 Å². The minimum atomic E-state index is -1.01. The first-order valence-electron chi connectivity index (χ1n) is 8.15. The Kier molecular flexibility index (Phi) is 7.21. The van der Waals surface area contributed by atoms with Crippen molar-refractivity contribution in [3.05, 3.63) is 70.2 Å². The molecule has 0 saturated carbocycles. The smallest absolute Gasteiger partial charge is 0.335 e. The first kappa shape index (κ1) is 20.3. The number of carboxylic acid groups (broad SMARTS) is 1. The third kappa shape index (κ3) is 5.22. The largest absolute Gasteiger partial charge is 0.490 e. The van der Waals surface area contributed by atoms with Crippen LogP contribution in [0.15, 0.2) is 53.5 Å². The van der Waals surface area contributed by atoms with Gasteiger partial charge in [-0.05, 0) is 64.3 Å². The molecular weight excluding hydrogens is 410 g/mol. The van der Waals surface area contributed by atoms with E-state index < -0.39 is 5.97 Å². The summed E-state index contributed by atoms with van der Waals surface area (Å²) >= 11 is 3.48. The van der Waals surface area contributed by atoms with Crippen LogP contribution in [-0.2, 0) is 0 Å². The summed E-state index contributed by atoms with van der Waals surface area (Å²) in [7, 11) is 0. The Morgan fingerprint density at radius 3 is 2.48 bits per heavy atom. The van der Waals surface area contributed by atoms with Gasteiger partial charge in [-0.25, -0.2) is 4.79 Å². The lowest BCUT2D eigenvalue weighted by atomic mass is 10.0. The van der Waals surface area contributed by atoms with Gasteiger partial charge in [-0.1, -0.05) is 24.8 Å². The molecule has 0 aliphatic carbocycles. The van der Waals surface area contributed by atoms with E-state index in [1.807, 2.05) is 13.0 Å². The first-order chi connectivity index (χ1) is 13.0. The second-order valence-corrected chi connectivity index (χ2v) is 6.27. The number of nitrogens with zero attached hydrogens (tertiary/aromatic N) is 1. The van der Waals surface area contributed by atoms with Gasteiger partial charge < -0.3 is 14.6 Å². The van der Waals surface area contributed by atoms with Crippen LogP contribution in [0, 0.1) is 11.3 Å². The maximum Gasteiger partial charge on any atom is 0.335 e. The average Bonchev–Trinajstić information content (AvgIpc) is 2.66. The van der Waals surface area contributed by atoms with Gasteiger partial charge in [-0.2, -0.15) is 5.26 Å². The number of halogens is 1. The highest BCUT2D eigenvalue weighted by Gasteiger charge is 2.12. The molecule has 0 aliphatic rings. The molecule has 138 valence electrons. The Balaban J connectivity index is 2.44. The van der Waals surface area contributed by atoms with E-state index >= 15 is 0 Å². The predicted molar refractivity (Wildman–Crippen MR) is 108 cm³/mol. The lowest BCUT2D eigenvalue weighted by molar-refractivity contribution is 0.0697. The molecule has 0 aromatic heterocycles. The maximum absolute atomic E-state index is 11.0. The van der Waals surface area contributed by atoms with Crippen molar-refractivity contribution < 1.29 is 19.4 Å². The number of benzene rings is 2. The van der Waals surface area contributed by atoms with Gasteiger partial charge in [0, 0.05) is 0 Å². The molecule has 0 aliphatic heterocycles. The molecule has 27 heavy (non-hydrogen) atoms. The summed E-state index contributed by atoms with van der Waals surface area (Å²) in [5, 5.41) is 18.5. The number of aromatic carboxylic acids is 1. The zero-order valence-corrected chi connectivity index (χ0v) is 16.3. The van der Waals surface area contributed by atoms with Crippen LogP contribution in [0.1, 0.15) is 28.4 Å². The highest BCUT2D eigenvalue weighted by atomic mass is 79.9. The van der Waals surface area contributed by atoms with E-state index in [4.69, 9.17) is 14.6 Å². The highest BCUT2D eigenvalue weighted by Crippen LogP contribution is 2.38. The van der Waals surface area contributed by atoms with Crippen LogP contribution in [0.4, 0.5) is 0 Å². The van der Waals surface area contributed by atoms with Gasteiger partial charge >= 0.3 is 5.97 Å². The van der Waals surface area contributed by atoms with Gasteiger partial charge in [0.2, 0.25) is 0 Å². The number of nitriles is 1. The van der Waals surface area contributed by atoms with Crippen molar-refractivity contribution >= 4 is 33.5 Å². The predicted octanol–water partition coefficient (Wildman–Crippen LogP) is 5.17. The SMILES string of the molecule is C=CCOc1c(Br)cc(/C=C(/C#N)c2ccc(C(=O)O)cc2)cc1OCC. The molecule has 0 saturated heterocycles. The molecule has 2 aromatic carbocycles. The number of ether oxygens (including phenoxy) is 2. The molecule has 2 aromatic rings. The zero-order valence-electron chi connectivity index (χ0n) is 14.7. The Morgan fingerprint density at radius 2 is 1.93 bits per heavy atom. The van der Waals surface area contributed by atoms with E-state index in [2.05, 4.69) is 28.6 Å². The van der Waals surface area contributed by atoms with Crippen molar-refractivity contribution in [1.29, 1.82) is 5.26 Å². The second kappa shape index (κ2) is 9.60. The van der Waals surface area contributed by atoms with Gasteiger partial charge in [0.15, 0.2) is 11.5 Å². The average molecular weight is 428 g/mol. The Bertz CT molecular complexity index is 911. The second-order valence-electron chi connectivity index (χ2n) is 5.41. The quantitative estimate of drug-likeness (QED) is 0.356. The van der Waals surface area contributed by atoms with Crippen LogP contribution in [-0.4, -0.2) is 24.3 Å². The third-order valence-corrected chi connectivity index (χ3v) is 4.14. The normalized spacial score (nSPS) is 10.8. The molecule has 6 heteroatoms. The van der Waals surface area contributed by atoms with E-state index in [1.165, 1.54) is 12.1 Å². The Hall–Kier alpha value is -3.04. The van der Waals surface area contributed by atoms with Gasteiger partial charge in [0.1, 0.15) is 6.61 Å². The summed E-state index contributed by atoms with van der Waals surface area (Å²) in [6, 6.07) is 11.9.